The van der Waals surface area contributed by atoms with Crippen molar-refractivity contribution in [3.8, 4) is 11.5 Å². The van der Waals surface area contributed by atoms with Gasteiger partial charge in [-0.15, -0.1) is 0 Å². The molecule has 2 atom stereocenters. The summed E-state index contributed by atoms with van der Waals surface area (Å²) in [5, 5.41) is 0. The molecule has 2 unspecified atom stereocenters. The molecule has 0 saturated heterocycles. The highest BCUT2D eigenvalue weighted by Crippen LogP contribution is 2.35. The molecule has 0 radical (unpaired) electrons. The van der Waals surface area contributed by atoms with Crippen LogP contribution in [0, 0.1) is 0 Å². The molecular weight excluding hydrogens is 334 g/mol. The Hall–Kier alpha value is -3.02. The highest BCUT2D eigenvalue weighted by Gasteiger charge is 2.38. The Morgan fingerprint density at radius 3 is 2.50 bits per heavy atom. The van der Waals surface area contributed by atoms with Crippen molar-refractivity contribution in [1.82, 2.24) is 0 Å². The number of ether oxygens (including phenoxy) is 4. The van der Waals surface area contributed by atoms with Gasteiger partial charge < -0.3 is 18.9 Å². The van der Waals surface area contributed by atoms with Gasteiger partial charge in [0, 0.05) is 6.92 Å². The smallest absolute Gasteiger partial charge is 0.335 e. The third-order valence-electron chi connectivity index (χ3n) is 4.11. The van der Waals surface area contributed by atoms with Gasteiger partial charge >= 0.3 is 5.97 Å². The summed E-state index contributed by atoms with van der Waals surface area (Å²) in [6, 6.07) is 14.2. The first-order chi connectivity index (χ1) is 12.6. The summed E-state index contributed by atoms with van der Waals surface area (Å²) >= 11 is 0. The zero-order chi connectivity index (χ0) is 18.5. The molecule has 0 amide bonds. The molecule has 1 aliphatic heterocycles. The molecule has 1 heterocycles. The monoisotopic (exact) mass is 355 g/mol. The van der Waals surface area contributed by atoms with Crippen LogP contribution in [0.5, 0.6) is 11.5 Å². The number of rotatable bonds is 6. The van der Waals surface area contributed by atoms with Crippen molar-refractivity contribution < 1.29 is 23.7 Å². The summed E-state index contributed by atoms with van der Waals surface area (Å²) in [4.78, 5) is 16.9. The zero-order valence-electron chi connectivity index (χ0n) is 15.0. The first-order valence-corrected chi connectivity index (χ1v) is 8.26. The molecule has 3 rings (SSSR count). The Kier molecular flexibility index (Phi) is 5.41. The third-order valence-corrected chi connectivity index (χ3v) is 4.11. The predicted molar refractivity (Wildman–Crippen MR) is 96.5 cm³/mol. The minimum absolute atomic E-state index is 0.198. The molecule has 0 spiro atoms. The average Bonchev–Trinajstić information content (AvgIpc) is 3.08. The maximum Gasteiger partial charge on any atom is 0.335 e. The van der Waals surface area contributed by atoms with Crippen LogP contribution in [0.25, 0.3) is 0 Å². The van der Waals surface area contributed by atoms with E-state index in [1.54, 1.807) is 33.3 Å². The van der Waals surface area contributed by atoms with Crippen LogP contribution in [0.2, 0.25) is 0 Å². The lowest BCUT2D eigenvalue weighted by Crippen LogP contribution is -2.26. The maximum absolute atomic E-state index is 12.6. The molecule has 2 aromatic rings. The molecule has 0 aromatic heterocycles. The molecular formula is C20H21NO5. The number of hydrogen-bond acceptors (Lipinski definition) is 6. The van der Waals surface area contributed by atoms with Crippen LogP contribution >= 0.6 is 0 Å². The van der Waals surface area contributed by atoms with E-state index in [0.29, 0.717) is 17.4 Å². The topological polar surface area (TPSA) is 66.4 Å². The van der Waals surface area contributed by atoms with Gasteiger partial charge in [-0.2, -0.15) is 0 Å². The number of hydrogen-bond donors (Lipinski definition) is 0. The highest BCUT2D eigenvalue weighted by molar-refractivity contribution is 5.85. The molecule has 0 fully saturated rings. The number of carbonyl (C=O) groups is 1. The molecule has 0 bridgehead atoms. The Balaban J connectivity index is 1.76. The fourth-order valence-electron chi connectivity index (χ4n) is 2.81. The van der Waals surface area contributed by atoms with Gasteiger partial charge in [0.25, 0.3) is 0 Å². The summed E-state index contributed by atoms with van der Waals surface area (Å²) in [7, 11) is 3.13. The fourth-order valence-corrected chi connectivity index (χ4v) is 2.81. The van der Waals surface area contributed by atoms with Crippen LogP contribution in [0.1, 0.15) is 24.2 Å². The summed E-state index contributed by atoms with van der Waals surface area (Å²) in [6.07, 6.45) is -0.557. The van der Waals surface area contributed by atoms with Gasteiger partial charge in [0.1, 0.15) is 6.61 Å². The van der Waals surface area contributed by atoms with Crippen LogP contribution in [-0.4, -0.2) is 32.1 Å². The van der Waals surface area contributed by atoms with E-state index in [1.807, 2.05) is 36.4 Å². The minimum Gasteiger partial charge on any atom is -0.493 e. The van der Waals surface area contributed by atoms with Crippen molar-refractivity contribution >= 4 is 11.9 Å². The summed E-state index contributed by atoms with van der Waals surface area (Å²) in [5.41, 5.74) is 1.69. The summed E-state index contributed by atoms with van der Waals surface area (Å²) < 4.78 is 21.8. The van der Waals surface area contributed by atoms with Crippen molar-refractivity contribution in [2.45, 2.75) is 25.7 Å². The van der Waals surface area contributed by atoms with E-state index in [0.717, 1.165) is 11.1 Å². The highest BCUT2D eigenvalue weighted by atomic mass is 16.5. The minimum atomic E-state index is -0.753. The zero-order valence-corrected chi connectivity index (χ0v) is 15.0. The summed E-state index contributed by atoms with van der Waals surface area (Å²) in [6.45, 7) is 1.92. The van der Waals surface area contributed by atoms with E-state index >= 15 is 0 Å². The molecule has 26 heavy (non-hydrogen) atoms. The Morgan fingerprint density at radius 2 is 1.81 bits per heavy atom. The predicted octanol–water partition coefficient (Wildman–Crippen LogP) is 3.31. The van der Waals surface area contributed by atoms with E-state index in [2.05, 4.69) is 4.99 Å². The lowest BCUT2D eigenvalue weighted by atomic mass is 10.0. The van der Waals surface area contributed by atoms with Gasteiger partial charge in [-0.1, -0.05) is 36.4 Å². The second-order valence-electron chi connectivity index (χ2n) is 5.84. The quantitative estimate of drug-likeness (QED) is 0.744. The number of nitrogens with zero attached hydrogens (tertiary/aromatic N) is 1. The van der Waals surface area contributed by atoms with Crippen molar-refractivity contribution in [2.24, 2.45) is 4.99 Å². The molecule has 6 nitrogen and oxygen atoms in total. The molecule has 2 aromatic carbocycles. The third kappa shape index (κ3) is 3.79. The first-order valence-electron chi connectivity index (χ1n) is 8.26. The largest absolute Gasteiger partial charge is 0.493 e. The normalized spacial score (nSPS) is 18.7. The van der Waals surface area contributed by atoms with Crippen molar-refractivity contribution in [1.29, 1.82) is 0 Å². The fraction of sp³-hybridized carbons (Fsp3) is 0.300. The van der Waals surface area contributed by atoms with Crippen LogP contribution < -0.4 is 9.47 Å². The van der Waals surface area contributed by atoms with Gasteiger partial charge in [0.15, 0.2) is 29.5 Å². The van der Waals surface area contributed by atoms with Gasteiger partial charge in [-0.25, -0.2) is 9.79 Å². The standard InChI is InChI=1S/C20H21NO5/c1-13-21-18(20(22)25-12-14-7-5-4-6-8-14)19(26-13)15-9-10-16(23-2)17(11-15)24-3/h4-11,18-19H,12H2,1-3H3. The first kappa shape index (κ1) is 17.8. The van der Waals surface area contributed by atoms with Crippen LogP contribution in [-0.2, 0) is 20.9 Å². The van der Waals surface area contributed by atoms with E-state index in [9.17, 15) is 4.79 Å². The van der Waals surface area contributed by atoms with Gasteiger partial charge in [0.05, 0.1) is 14.2 Å². The molecule has 1 aliphatic rings. The SMILES string of the molecule is COc1ccc(C2OC(C)=NC2C(=O)OCc2ccccc2)cc1OC. The number of methoxy groups -OCH3 is 2. The lowest BCUT2D eigenvalue weighted by molar-refractivity contribution is -0.148. The maximum atomic E-state index is 12.6. The molecule has 136 valence electrons. The van der Waals surface area contributed by atoms with Gasteiger partial charge in [-0.3, -0.25) is 0 Å². The van der Waals surface area contributed by atoms with E-state index < -0.39 is 18.1 Å². The van der Waals surface area contributed by atoms with Crippen LogP contribution in [0.3, 0.4) is 0 Å². The Morgan fingerprint density at radius 1 is 1.08 bits per heavy atom. The Labute approximate surface area is 152 Å². The lowest BCUT2D eigenvalue weighted by Gasteiger charge is -2.18. The number of esters is 1. The van der Waals surface area contributed by atoms with E-state index in [-0.39, 0.29) is 6.61 Å². The van der Waals surface area contributed by atoms with E-state index in [1.165, 1.54) is 0 Å². The summed E-state index contributed by atoms with van der Waals surface area (Å²) in [5.74, 6) is 1.20. The van der Waals surface area contributed by atoms with Crippen LogP contribution in [0.15, 0.2) is 53.5 Å². The second-order valence-corrected chi connectivity index (χ2v) is 5.84. The van der Waals surface area contributed by atoms with Crippen molar-refractivity contribution in [2.75, 3.05) is 14.2 Å². The van der Waals surface area contributed by atoms with Gasteiger partial charge in [-0.05, 0) is 23.3 Å². The average molecular weight is 355 g/mol. The van der Waals surface area contributed by atoms with Gasteiger partial charge in [0.2, 0.25) is 0 Å². The van der Waals surface area contributed by atoms with Crippen LogP contribution in [0.4, 0.5) is 0 Å². The number of benzene rings is 2. The van der Waals surface area contributed by atoms with E-state index in [4.69, 9.17) is 18.9 Å². The molecule has 0 aliphatic carbocycles. The molecule has 6 heteroatoms. The van der Waals surface area contributed by atoms with Crippen molar-refractivity contribution in [3.63, 3.8) is 0 Å². The number of carbonyl (C=O) groups excluding carboxylic acids is 1. The number of aliphatic imine (C=N–C) groups is 1. The van der Waals surface area contributed by atoms with Crippen molar-refractivity contribution in [3.05, 3.63) is 59.7 Å². The second kappa shape index (κ2) is 7.91. The Bertz CT molecular complexity index is 803. The molecule has 0 N–H and O–H groups in total. The molecule has 0 saturated carbocycles.